The molecule has 0 aromatic heterocycles. The summed E-state index contributed by atoms with van der Waals surface area (Å²) >= 11 is 0. The van der Waals surface area contributed by atoms with Gasteiger partial charge in [-0.2, -0.15) is 8.78 Å². The maximum absolute atomic E-state index is 13.8. The van der Waals surface area contributed by atoms with Crippen molar-refractivity contribution in [2.24, 2.45) is 0 Å². The molecule has 1 amide bonds. The number of hydrogen-bond acceptors (Lipinski definition) is 2. The Kier molecular flexibility index (Phi) is 2.80. The molecule has 96 valence electrons. The van der Waals surface area contributed by atoms with E-state index in [-0.39, 0.29) is 12.8 Å². The van der Waals surface area contributed by atoms with Gasteiger partial charge in [0, 0.05) is 5.56 Å². The number of carboxylic acid groups (broad SMARTS) is 1. The van der Waals surface area contributed by atoms with Crippen LogP contribution >= 0.6 is 0 Å². The van der Waals surface area contributed by atoms with E-state index in [0.717, 1.165) is 12.1 Å². The van der Waals surface area contributed by atoms with Crippen molar-refractivity contribution >= 4 is 11.9 Å². The van der Waals surface area contributed by atoms with Crippen LogP contribution in [0.3, 0.4) is 0 Å². The first-order valence-electron chi connectivity index (χ1n) is 5.38. The molecule has 1 saturated carbocycles. The van der Waals surface area contributed by atoms with Gasteiger partial charge >= 0.3 is 11.9 Å². The quantitative estimate of drug-likeness (QED) is 0.857. The summed E-state index contributed by atoms with van der Waals surface area (Å²) in [5, 5.41) is 10.7. The molecule has 2 rings (SSSR count). The van der Waals surface area contributed by atoms with E-state index in [0.29, 0.717) is 0 Å². The molecule has 1 aromatic rings. The predicted molar refractivity (Wildman–Crippen MR) is 58.1 cm³/mol. The van der Waals surface area contributed by atoms with Gasteiger partial charge in [-0.25, -0.2) is 4.79 Å². The van der Waals surface area contributed by atoms with Gasteiger partial charge < -0.3 is 10.4 Å². The number of rotatable bonds is 4. The summed E-state index contributed by atoms with van der Waals surface area (Å²) in [5.41, 5.74) is -1.96. The second-order valence-electron chi connectivity index (χ2n) is 4.28. The largest absolute Gasteiger partial charge is 0.480 e. The Morgan fingerprint density at radius 1 is 1.22 bits per heavy atom. The van der Waals surface area contributed by atoms with E-state index in [9.17, 15) is 18.4 Å². The first-order chi connectivity index (χ1) is 8.38. The molecule has 0 aliphatic heterocycles. The minimum absolute atomic E-state index is 0.180. The number of nitrogens with one attached hydrogen (secondary N) is 1. The molecule has 0 saturated heterocycles. The lowest BCUT2D eigenvalue weighted by atomic mass is 10.1. The minimum Gasteiger partial charge on any atom is -0.480 e. The normalized spacial score (nSPS) is 17.0. The van der Waals surface area contributed by atoms with Crippen molar-refractivity contribution in [3.63, 3.8) is 0 Å². The van der Waals surface area contributed by atoms with Crippen molar-refractivity contribution in [2.45, 2.75) is 24.3 Å². The summed E-state index contributed by atoms with van der Waals surface area (Å²) < 4.78 is 27.5. The lowest BCUT2D eigenvalue weighted by Crippen LogP contribution is -2.49. The number of alkyl halides is 2. The van der Waals surface area contributed by atoms with Crippen molar-refractivity contribution in [1.29, 1.82) is 0 Å². The number of carbonyl (C=O) groups is 2. The van der Waals surface area contributed by atoms with Crippen LogP contribution < -0.4 is 5.32 Å². The van der Waals surface area contributed by atoms with E-state index < -0.39 is 28.9 Å². The van der Waals surface area contributed by atoms with Gasteiger partial charge in [-0.3, -0.25) is 4.79 Å². The summed E-state index contributed by atoms with van der Waals surface area (Å²) in [6.45, 7) is 0. The first-order valence-corrected chi connectivity index (χ1v) is 5.38. The highest BCUT2D eigenvalue weighted by molar-refractivity contribution is 5.92. The molecule has 6 heteroatoms. The van der Waals surface area contributed by atoms with Gasteiger partial charge in [0.2, 0.25) is 0 Å². The van der Waals surface area contributed by atoms with Crippen LogP contribution in [0.4, 0.5) is 8.78 Å². The third-order valence-electron chi connectivity index (χ3n) is 2.93. The van der Waals surface area contributed by atoms with Gasteiger partial charge in [0.15, 0.2) is 0 Å². The molecular formula is C12H11F2NO3. The fourth-order valence-electron chi connectivity index (χ4n) is 1.59. The maximum atomic E-state index is 13.8. The molecule has 4 nitrogen and oxygen atoms in total. The van der Waals surface area contributed by atoms with E-state index >= 15 is 0 Å². The number of halogens is 2. The smallest absolute Gasteiger partial charge is 0.349 e. The van der Waals surface area contributed by atoms with Gasteiger partial charge in [-0.15, -0.1) is 0 Å². The van der Waals surface area contributed by atoms with Gasteiger partial charge in [0.05, 0.1) is 0 Å². The van der Waals surface area contributed by atoms with Crippen molar-refractivity contribution in [3.05, 3.63) is 35.9 Å². The molecular weight excluding hydrogens is 244 g/mol. The fraction of sp³-hybridized carbons (Fsp3) is 0.333. The van der Waals surface area contributed by atoms with Crippen molar-refractivity contribution in [2.75, 3.05) is 0 Å². The van der Waals surface area contributed by atoms with Crippen LogP contribution in [0.2, 0.25) is 0 Å². The van der Waals surface area contributed by atoms with E-state index in [1.807, 2.05) is 5.32 Å². The minimum atomic E-state index is -3.73. The van der Waals surface area contributed by atoms with E-state index in [1.54, 1.807) is 6.07 Å². The highest BCUT2D eigenvalue weighted by Gasteiger charge is 2.55. The van der Waals surface area contributed by atoms with Crippen LogP contribution in [0.5, 0.6) is 0 Å². The monoisotopic (exact) mass is 255 g/mol. The maximum Gasteiger partial charge on any atom is 0.349 e. The van der Waals surface area contributed by atoms with Gasteiger partial charge in [0.25, 0.3) is 5.91 Å². The molecule has 0 spiro atoms. The van der Waals surface area contributed by atoms with Crippen LogP contribution in [0, 0.1) is 0 Å². The topological polar surface area (TPSA) is 66.4 Å². The second kappa shape index (κ2) is 4.04. The highest BCUT2D eigenvalue weighted by Crippen LogP contribution is 2.38. The standard InChI is InChI=1S/C12H11F2NO3/c13-12(14,8-4-2-1-3-5-8)9(16)15-11(6-7-11)10(17)18/h1-5H,6-7H2,(H,15,16)(H,17,18). The zero-order valence-corrected chi connectivity index (χ0v) is 9.32. The lowest BCUT2D eigenvalue weighted by Gasteiger charge is -2.19. The van der Waals surface area contributed by atoms with Crippen molar-refractivity contribution in [1.82, 2.24) is 5.32 Å². The molecule has 1 fully saturated rings. The number of aliphatic carboxylic acids is 1. The third kappa shape index (κ3) is 2.05. The molecule has 0 bridgehead atoms. The average Bonchev–Trinajstić information content (AvgIpc) is 3.11. The Balaban J connectivity index is 2.16. The molecule has 0 unspecified atom stereocenters. The van der Waals surface area contributed by atoms with Crippen molar-refractivity contribution in [3.8, 4) is 0 Å². The molecule has 1 aliphatic rings. The fourth-order valence-corrected chi connectivity index (χ4v) is 1.59. The molecule has 18 heavy (non-hydrogen) atoms. The van der Waals surface area contributed by atoms with Crippen LogP contribution in [0.1, 0.15) is 18.4 Å². The Labute approximate surface area is 102 Å². The van der Waals surface area contributed by atoms with E-state index in [2.05, 4.69) is 0 Å². The molecule has 0 radical (unpaired) electrons. The summed E-state index contributed by atoms with van der Waals surface area (Å²) in [7, 11) is 0. The Bertz CT molecular complexity index is 483. The van der Waals surface area contributed by atoms with Gasteiger partial charge in [-0.1, -0.05) is 30.3 Å². The molecule has 0 heterocycles. The van der Waals surface area contributed by atoms with E-state index in [1.165, 1.54) is 12.1 Å². The number of carboxylic acids is 1. The lowest BCUT2D eigenvalue weighted by molar-refractivity contribution is -0.153. The zero-order chi connectivity index (χ0) is 13.4. The number of benzene rings is 1. The first kappa shape index (κ1) is 12.5. The Morgan fingerprint density at radius 3 is 2.22 bits per heavy atom. The SMILES string of the molecule is O=C(O)C1(NC(=O)C(F)(F)c2ccccc2)CC1. The van der Waals surface area contributed by atoms with Crippen LogP contribution in [-0.4, -0.2) is 22.5 Å². The summed E-state index contributed by atoms with van der Waals surface area (Å²) in [6.07, 6.45) is 0.359. The number of amides is 1. The van der Waals surface area contributed by atoms with Gasteiger partial charge in [0.1, 0.15) is 5.54 Å². The Morgan fingerprint density at radius 2 is 1.78 bits per heavy atom. The molecule has 1 aromatic carbocycles. The van der Waals surface area contributed by atoms with Crippen LogP contribution in [0.25, 0.3) is 0 Å². The van der Waals surface area contributed by atoms with Crippen LogP contribution in [-0.2, 0) is 15.5 Å². The van der Waals surface area contributed by atoms with Crippen LogP contribution in [0.15, 0.2) is 30.3 Å². The molecule has 1 aliphatic carbocycles. The second-order valence-corrected chi connectivity index (χ2v) is 4.28. The average molecular weight is 255 g/mol. The number of hydrogen-bond donors (Lipinski definition) is 2. The van der Waals surface area contributed by atoms with E-state index in [4.69, 9.17) is 5.11 Å². The zero-order valence-electron chi connectivity index (χ0n) is 9.32. The Hall–Kier alpha value is -1.98. The molecule has 2 N–H and O–H groups in total. The predicted octanol–water partition coefficient (Wildman–Crippen LogP) is 1.51. The summed E-state index contributed by atoms with van der Waals surface area (Å²) in [4.78, 5) is 22.3. The molecule has 0 atom stereocenters. The highest BCUT2D eigenvalue weighted by atomic mass is 19.3. The number of carbonyl (C=O) groups excluding carboxylic acids is 1. The summed E-state index contributed by atoms with van der Waals surface area (Å²) in [5.74, 6) is -6.58. The van der Waals surface area contributed by atoms with Crippen molar-refractivity contribution < 1.29 is 23.5 Å². The third-order valence-corrected chi connectivity index (χ3v) is 2.93. The van der Waals surface area contributed by atoms with Gasteiger partial charge in [-0.05, 0) is 12.8 Å². The summed E-state index contributed by atoms with van der Waals surface area (Å²) in [6, 6.07) is 6.58.